The van der Waals surface area contributed by atoms with E-state index in [-0.39, 0.29) is 6.42 Å². The Labute approximate surface area is 99.2 Å². The molecule has 0 rings (SSSR count). The average Bonchev–Trinajstić information content (AvgIpc) is 2.26. The molecule has 0 aromatic carbocycles. The number of aliphatic carboxylic acids is 1. The van der Waals surface area contributed by atoms with Gasteiger partial charge in [-0.25, -0.2) is 4.79 Å². The normalized spacial score (nSPS) is 11.9. The van der Waals surface area contributed by atoms with Crippen molar-refractivity contribution in [2.24, 2.45) is 5.73 Å². The first-order valence-corrected chi connectivity index (χ1v) is 5.32. The third kappa shape index (κ3) is 4.92. The molecular weight excluding hydrogens is 228 g/mol. The lowest BCUT2D eigenvalue weighted by molar-refractivity contribution is -0.158. The number of rotatable bonds is 7. The molecule has 0 heterocycles. The van der Waals surface area contributed by atoms with Crippen molar-refractivity contribution < 1.29 is 24.6 Å². The largest absolute Gasteiger partial charge is 0.480 e. The van der Waals surface area contributed by atoms with E-state index < -0.39 is 30.4 Å². The molecule has 0 aliphatic rings. The molecule has 0 bridgehead atoms. The number of aliphatic hydroxyl groups excluding tert-OH is 1. The molecule has 1 atom stereocenters. The highest BCUT2D eigenvalue weighted by Crippen LogP contribution is 2.10. The number of aliphatic hydroxyl groups is 1. The van der Waals surface area contributed by atoms with E-state index in [0.29, 0.717) is 24.3 Å². The van der Waals surface area contributed by atoms with Gasteiger partial charge < -0.3 is 15.9 Å². The van der Waals surface area contributed by atoms with Crippen LogP contribution in [0.3, 0.4) is 0 Å². The molecule has 2 amide bonds. The second-order valence-electron chi connectivity index (χ2n) is 3.58. The molecule has 0 saturated carbocycles. The number of carbonyl (C=O) groups is 3. The van der Waals surface area contributed by atoms with E-state index in [1.165, 1.54) is 0 Å². The van der Waals surface area contributed by atoms with Crippen molar-refractivity contribution in [2.45, 2.75) is 32.2 Å². The van der Waals surface area contributed by atoms with Gasteiger partial charge in [0.1, 0.15) is 12.6 Å². The van der Waals surface area contributed by atoms with Gasteiger partial charge in [-0.2, -0.15) is 0 Å². The quantitative estimate of drug-likeness (QED) is 0.492. The van der Waals surface area contributed by atoms with Gasteiger partial charge in [-0.15, -0.1) is 0 Å². The molecule has 0 unspecified atom stereocenters. The summed E-state index contributed by atoms with van der Waals surface area (Å²) < 4.78 is 0. The first kappa shape index (κ1) is 15.5. The zero-order valence-electron chi connectivity index (χ0n) is 9.76. The van der Waals surface area contributed by atoms with Crippen molar-refractivity contribution in [3.05, 3.63) is 0 Å². The molecule has 98 valence electrons. The summed E-state index contributed by atoms with van der Waals surface area (Å²) in [6.07, 6.45) is 1.25. The van der Waals surface area contributed by atoms with Gasteiger partial charge in [0.2, 0.25) is 5.91 Å². The van der Waals surface area contributed by atoms with Crippen LogP contribution in [-0.4, -0.2) is 52.1 Å². The number of hydrogen-bond acceptors (Lipinski definition) is 5. The van der Waals surface area contributed by atoms with Crippen molar-refractivity contribution in [3.8, 4) is 0 Å². The Morgan fingerprint density at radius 3 is 2.24 bits per heavy atom. The molecule has 4 N–H and O–H groups in total. The van der Waals surface area contributed by atoms with Crippen LogP contribution in [0.15, 0.2) is 0 Å². The predicted octanol–water partition coefficient (Wildman–Crippen LogP) is -1.06. The maximum atomic E-state index is 11.3. The SMILES string of the molecule is CC(=O)N(C(=O)CO)[C@@H](CCCCN)C(=O)O. The van der Waals surface area contributed by atoms with Gasteiger partial charge in [-0.1, -0.05) is 0 Å². The van der Waals surface area contributed by atoms with Gasteiger partial charge in [0, 0.05) is 6.92 Å². The number of carboxylic acids is 1. The van der Waals surface area contributed by atoms with Crippen LogP contribution in [0.25, 0.3) is 0 Å². The van der Waals surface area contributed by atoms with Crippen LogP contribution in [0.5, 0.6) is 0 Å². The monoisotopic (exact) mass is 246 g/mol. The molecule has 0 fully saturated rings. The molecule has 0 aromatic rings. The number of nitrogens with two attached hydrogens (primary N) is 1. The third-order valence-electron chi connectivity index (χ3n) is 2.27. The fourth-order valence-electron chi connectivity index (χ4n) is 1.49. The second-order valence-corrected chi connectivity index (χ2v) is 3.58. The molecule has 7 heteroatoms. The van der Waals surface area contributed by atoms with Crippen LogP contribution in [0.2, 0.25) is 0 Å². The van der Waals surface area contributed by atoms with Crippen LogP contribution in [0.1, 0.15) is 26.2 Å². The Morgan fingerprint density at radius 1 is 1.29 bits per heavy atom. The summed E-state index contributed by atoms with van der Waals surface area (Å²) in [4.78, 5) is 34.1. The minimum Gasteiger partial charge on any atom is -0.480 e. The van der Waals surface area contributed by atoms with E-state index in [1.807, 2.05) is 0 Å². The van der Waals surface area contributed by atoms with Crippen molar-refractivity contribution in [1.82, 2.24) is 4.90 Å². The summed E-state index contributed by atoms with van der Waals surface area (Å²) in [5.74, 6) is -2.86. The van der Waals surface area contributed by atoms with Crippen LogP contribution in [0, 0.1) is 0 Å². The van der Waals surface area contributed by atoms with Crippen molar-refractivity contribution in [1.29, 1.82) is 0 Å². The summed E-state index contributed by atoms with van der Waals surface area (Å²) in [5, 5.41) is 17.7. The Kier molecular flexibility index (Phi) is 7.08. The third-order valence-corrected chi connectivity index (χ3v) is 2.27. The molecule has 0 spiro atoms. The van der Waals surface area contributed by atoms with Gasteiger partial charge >= 0.3 is 5.97 Å². The average molecular weight is 246 g/mol. The van der Waals surface area contributed by atoms with E-state index in [4.69, 9.17) is 15.9 Å². The standard InChI is InChI=1S/C10H18N2O5/c1-7(14)12(9(15)6-13)8(10(16)17)4-2-3-5-11/h8,13H,2-6,11H2,1H3,(H,16,17)/t8-/m0/s1. The van der Waals surface area contributed by atoms with Crippen molar-refractivity contribution in [2.75, 3.05) is 13.2 Å². The van der Waals surface area contributed by atoms with E-state index in [0.717, 1.165) is 6.92 Å². The predicted molar refractivity (Wildman–Crippen MR) is 58.9 cm³/mol. The first-order valence-electron chi connectivity index (χ1n) is 5.32. The minimum absolute atomic E-state index is 0.137. The zero-order valence-corrected chi connectivity index (χ0v) is 9.76. The summed E-state index contributed by atoms with van der Waals surface area (Å²) in [6.45, 7) is 0.618. The molecular formula is C10H18N2O5. The van der Waals surface area contributed by atoms with E-state index >= 15 is 0 Å². The number of hydrogen-bond donors (Lipinski definition) is 3. The van der Waals surface area contributed by atoms with E-state index in [2.05, 4.69) is 0 Å². The number of unbranched alkanes of at least 4 members (excludes halogenated alkanes) is 1. The van der Waals surface area contributed by atoms with Crippen LogP contribution >= 0.6 is 0 Å². The lowest BCUT2D eigenvalue weighted by Crippen LogP contribution is -2.48. The summed E-state index contributed by atoms with van der Waals surface area (Å²) >= 11 is 0. The second kappa shape index (κ2) is 7.75. The fraction of sp³-hybridized carbons (Fsp3) is 0.700. The minimum atomic E-state index is -1.26. The lowest BCUT2D eigenvalue weighted by atomic mass is 10.1. The molecule has 7 nitrogen and oxygen atoms in total. The number of carbonyl (C=O) groups excluding carboxylic acids is 2. The summed E-state index contributed by atoms with van der Waals surface area (Å²) in [6, 6.07) is -1.24. The van der Waals surface area contributed by atoms with Crippen LogP contribution in [-0.2, 0) is 14.4 Å². The molecule has 0 radical (unpaired) electrons. The Bertz CT molecular complexity index is 292. The van der Waals surface area contributed by atoms with Gasteiger partial charge in [0.15, 0.2) is 0 Å². The zero-order chi connectivity index (χ0) is 13.4. The van der Waals surface area contributed by atoms with Crippen molar-refractivity contribution >= 4 is 17.8 Å². The lowest BCUT2D eigenvalue weighted by Gasteiger charge is -2.25. The topological polar surface area (TPSA) is 121 Å². The van der Waals surface area contributed by atoms with Gasteiger partial charge in [-0.05, 0) is 25.8 Å². The summed E-state index contributed by atoms with van der Waals surface area (Å²) in [7, 11) is 0. The van der Waals surface area contributed by atoms with Crippen LogP contribution < -0.4 is 5.73 Å². The van der Waals surface area contributed by atoms with Gasteiger partial charge in [0.05, 0.1) is 0 Å². The highest BCUT2D eigenvalue weighted by Gasteiger charge is 2.31. The fourth-order valence-corrected chi connectivity index (χ4v) is 1.49. The molecule has 0 aromatic heterocycles. The maximum absolute atomic E-state index is 11.3. The highest BCUT2D eigenvalue weighted by molar-refractivity contribution is 5.98. The highest BCUT2D eigenvalue weighted by atomic mass is 16.4. The van der Waals surface area contributed by atoms with E-state index in [9.17, 15) is 14.4 Å². The first-order chi connectivity index (χ1) is 7.95. The van der Waals surface area contributed by atoms with Crippen LogP contribution in [0.4, 0.5) is 0 Å². The molecule has 17 heavy (non-hydrogen) atoms. The molecule has 0 aliphatic carbocycles. The smallest absolute Gasteiger partial charge is 0.326 e. The Hall–Kier alpha value is -1.47. The number of carboxylic acid groups (broad SMARTS) is 1. The molecule has 0 saturated heterocycles. The summed E-state index contributed by atoms with van der Waals surface area (Å²) in [5.41, 5.74) is 5.28. The molecule has 0 aliphatic heterocycles. The van der Waals surface area contributed by atoms with Gasteiger partial charge in [0.25, 0.3) is 5.91 Å². The van der Waals surface area contributed by atoms with E-state index in [1.54, 1.807) is 0 Å². The number of nitrogens with zero attached hydrogens (tertiary/aromatic N) is 1. The Balaban J connectivity index is 4.78. The number of imide groups is 1. The number of amides is 2. The maximum Gasteiger partial charge on any atom is 0.326 e. The Morgan fingerprint density at radius 2 is 1.88 bits per heavy atom. The van der Waals surface area contributed by atoms with Gasteiger partial charge in [-0.3, -0.25) is 14.5 Å². The van der Waals surface area contributed by atoms with Crippen molar-refractivity contribution in [3.63, 3.8) is 0 Å².